The van der Waals surface area contributed by atoms with Crippen LogP contribution >= 0.6 is 0 Å². The van der Waals surface area contributed by atoms with E-state index in [-0.39, 0.29) is 11.8 Å². The lowest BCUT2D eigenvalue weighted by atomic mass is 10.0. The van der Waals surface area contributed by atoms with Gasteiger partial charge in [-0.1, -0.05) is 0 Å². The van der Waals surface area contributed by atoms with Crippen LogP contribution in [0.1, 0.15) is 25.7 Å². The van der Waals surface area contributed by atoms with Gasteiger partial charge in [-0.3, -0.25) is 4.79 Å². The molecule has 1 rings (SSSR count). The Kier molecular flexibility index (Phi) is 5.09. The second kappa shape index (κ2) is 6.44. The maximum Gasteiger partial charge on any atom is 0.225 e. The highest BCUT2D eigenvalue weighted by atomic mass is 16.5. The summed E-state index contributed by atoms with van der Waals surface area (Å²) < 4.78 is 5.24. The summed E-state index contributed by atoms with van der Waals surface area (Å²) in [4.78, 5) is 11.5. The van der Waals surface area contributed by atoms with Gasteiger partial charge in [0.25, 0.3) is 0 Å². The van der Waals surface area contributed by atoms with Gasteiger partial charge >= 0.3 is 0 Å². The second-order valence-electron chi connectivity index (χ2n) is 3.51. The van der Waals surface area contributed by atoms with Crippen molar-refractivity contribution in [1.82, 2.24) is 5.32 Å². The summed E-state index contributed by atoms with van der Waals surface area (Å²) in [5.41, 5.74) is 0. The number of ether oxygens (including phenoxy) is 1. The molecule has 1 amide bonds. The lowest BCUT2D eigenvalue weighted by Gasteiger charge is -2.21. The molecule has 3 nitrogen and oxygen atoms in total. The predicted octanol–water partition coefficient (Wildman–Crippen LogP) is 0.943. The zero-order valence-corrected chi connectivity index (χ0v) is 8.42. The van der Waals surface area contributed by atoms with Crippen LogP contribution in [0.2, 0.25) is 0 Å². The van der Waals surface area contributed by atoms with Crippen molar-refractivity contribution in [3.63, 3.8) is 0 Å². The molecule has 0 spiro atoms. The Labute approximate surface area is 85.2 Å². The molecule has 1 fully saturated rings. The highest BCUT2D eigenvalue weighted by molar-refractivity contribution is 5.78. The molecular formula is C11H17NO2. The van der Waals surface area contributed by atoms with Crippen molar-refractivity contribution in [1.29, 1.82) is 0 Å². The lowest BCUT2D eigenvalue weighted by Crippen LogP contribution is -2.35. The average Bonchev–Trinajstić information content (AvgIpc) is 2.25. The largest absolute Gasteiger partial charge is 0.381 e. The normalized spacial score (nSPS) is 21.2. The number of unbranched alkanes of at least 4 members (excludes halogenated alkanes) is 1. The molecule has 1 atom stereocenters. The summed E-state index contributed by atoms with van der Waals surface area (Å²) in [6.45, 7) is 2.04. The first-order valence-electron chi connectivity index (χ1n) is 5.13. The highest BCUT2D eigenvalue weighted by Crippen LogP contribution is 2.13. The quantitative estimate of drug-likeness (QED) is 0.535. The Morgan fingerprint density at radius 2 is 2.50 bits per heavy atom. The fourth-order valence-electron chi connectivity index (χ4n) is 1.49. The van der Waals surface area contributed by atoms with Crippen LogP contribution in [0.4, 0.5) is 0 Å². The number of hydrogen-bond acceptors (Lipinski definition) is 2. The Morgan fingerprint density at radius 3 is 3.14 bits per heavy atom. The van der Waals surface area contributed by atoms with E-state index in [1.807, 2.05) is 0 Å². The molecule has 0 saturated carbocycles. The van der Waals surface area contributed by atoms with Gasteiger partial charge in [-0.05, 0) is 19.3 Å². The van der Waals surface area contributed by atoms with Crippen molar-refractivity contribution in [2.45, 2.75) is 25.7 Å². The van der Waals surface area contributed by atoms with Gasteiger partial charge in [0.15, 0.2) is 0 Å². The second-order valence-corrected chi connectivity index (χ2v) is 3.51. The molecule has 14 heavy (non-hydrogen) atoms. The number of amides is 1. The van der Waals surface area contributed by atoms with E-state index in [1.54, 1.807) is 0 Å². The molecule has 0 aromatic rings. The van der Waals surface area contributed by atoms with E-state index in [4.69, 9.17) is 11.2 Å². The van der Waals surface area contributed by atoms with E-state index in [0.717, 1.165) is 32.3 Å². The monoisotopic (exact) mass is 195 g/mol. The molecule has 0 aromatic carbocycles. The molecule has 0 bridgehead atoms. The first-order chi connectivity index (χ1) is 6.84. The van der Waals surface area contributed by atoms with E-state index in [9.17, 15) is 4.79 Å². The Balaban J connectivity index is 2.11. The maximum atomic E-state index is 11.5. The third-order valence-electron chi connectivity index (χ3n) is 2.33. The Hall–Kier alpha value is -1.01. The molecule has 3 heteroatoms. The number of carbonyl (C=O) groups is 1. The standard InChI is InChI=1S/C11H17NO2/c1-2-3-4-7-12-11(13)10-6-5-8-14-9-10/h1,10H,3-9H2,(H,12,13). The fraction of sp³-hybridized carbons (Fsp3) is 0.727. The summed E-state index contributed by atoms with van der Waals surface area (Å²) in [6, 6.07) is 0. The van der Waals surface area contributed by atoms with Gasteiger partial charge < -0.3 is 10.1 Å². The molecule has 1 aliphatic heterocycles. The van der Waals surface area contributed by atoms with Crippen LogP contribution in [-0.2, 0) is 9.53 Å². The van der Waals surface area contributed by atoms with E-state index >= 15 is 0 Å². The molecule has 0 aliphatic carbocycles. The average molecular weight is 195 g/mol. The van der Waals surface area contributed by atoms with Gasteiger partial charge in [-0.25, -0.2) is 0 Å². The van der Waals surface area contributed by atoms with Gasteiger partial charge in [0.05, 0.1) is 12.5 Å². The zero-order chi connectivity index (χ0) is 10.2. The third-order valence-corrected chi connectivity index (χ3v) is 2.33. The Morgan fingerprint density at radius 1 is 1.64 bits per heavy atom. The van der Waals surface area contributed by atoms with Crippen molar-refractivity contribution in [3.8, 4) is 12.3 Å². The minimum Gasteiger partial charge on any atom is -0.381 e. The van der Waals surface area contributed by atoms with Crippen molar-refractivity contribution in [3.05, 3.63) is 0 Å². The van der Waals surface area contributed by atoms with E-state index in [2.05, 4.69) is 11.2 Å². The van der Waals surface area contributed by atoms with Crippen LogP contribution in [0.5, 0.6) is 0 Å². The fourth-order valence-corrected chi connectivity index (χ4v) is 1.49. The molecule has 0 radical (unpaired) electrons. The van der Waals surface area contributed by atoms with Crippen molar-refractivity contribution >= 4 is 5.91 Å². The van der Waals surface area contributed by atoms with E-state index < -0.39 is 0 Å². The molecule has 1 unspecified atom stereocenters. The van der Waals surface area contributed by atoms with Gasteiger partial charge in [-0.15, -0.1) is 12.3 Å². The van der Waals surface area contributed by atoms with Crippen LogP contribution in [0.25, 0.3) is 0 Å². The summed E-state index contributed by atoms with van der Waals surface area (Å²) in [7, 11) is 0. The minimum atomic E-state index is 0.0505. The van der Waals surface area contributed by atoms with Crippen LogP contribution in [-0.4, -0.2) is 25.7 Å². The van der Waals surface area contributed by atoms with Crippen molar-refractivity contribution in [2.75, 3.05) is 19.8 Å². The predicted molar refractivity (Wildman–Crippen MR) is 54.6 cm³/mol. The molecule has 1 heterocycles. The van der Waals surface area contributed by atoms with Gasteiger partial charge in [0.2, 0.25) is 5.91 Å². The highest BCUT2D eigenvalue weighted by Gasteiger charge is 2.20. The number of terminal acetylenes is 1. The topological polar surface area (TPSA) is 38.3 Å². The van der Waals surface area contributed by atoms with Gasteiger partial charge in [0.1, 0.15) is 0 Å². The zero-order valence-electron chi connectivity index (χ0n) is 8.42. The van der Waals surface area contributed by atoms with E-state index in [0.29, 0.717) is 13.2 Å². The number of rotatable bonds is 4. The summed E-state index contributed by atoms with van der Waals surface area (Å²) in [5.74, 6) is 2.71. The Bertz CT molecular complexity index is 214. The summed E-state index contributed by atoms with van der Waals surface area (Å²) >= 11 is 0. The first kappa shape index (κ1) is 11.1. The van der Waals surface area contributed by atoms with Crippen LogP contribution < -0.4 is 5.32 Å². The number of hydrogen-bond donors (Lipinski definition) is 1. The summed E-state index contributed by atoms with van der Waals surface area (Å²) in [6.07, 6.45) is 8.62. The molecule has 78 valence electrons. The van der Waals surface area contributed by atoms with Crippen LogP contribution in [0.3, 0.4) is 0 Å². The van der Waals surface area contributed by atoms with E-state index in [1.165, 1.54) is 0 Å². The lowest BCUT2D eigenvalue weighted by molar-refractivity contribution is -0.128. The molecule has 1 saturated heterocycles. The first-order valence-corrected chi connectivity index (χ1v) is 5.13. The van der Waals surface area contributed by atoms with Crippen molar-refractivity contribution in [2.24, 2.45) is 5.92 Å². The minimum absolute atomic E-state index is 0.0505. The summed E-state index contributed by atoms with van der Waals surface area (Å²) in [5, 5.41) is 2.87. The smallest absolute Gasteiger partial charge is 0.225 e. The molecule has 1 N–H and O–H groups in total. The maximum absolute atomic E-state index is 11.5. The molecule has 0 aromatic heterocycles. The van der Waals surface area contributed by atoms with Crippen LogP contribution in [0.15, 0.2) is 0 Å². The SMILES string of the molecule is C#CCCCNC(=O)C1CCCOC1. The van der Waals surface area contributed by atoms with Crippen molar-refractivity contribution < 1.29 is 9.53 Å². The van der Waals surface area contributed by atoms with Crippen LogP contribution in [0, 0.1) is 18.3 Å². The van der Waals surface area contributed by atoms with Gasteiger partial charge in [0, 0.05) is 19.6 Å². The number of carbonyl (C=O) groups excluding carboxylic acids is 1. The third kappa shape index (κ3) is 3.80. The molecular weight excluding hydrogens is 178 g/mol. The molecule has 1 aliphatic rings. The number of nitrogens with one attached hydrogen (secondary N) is 1. The van der Waals surface area contributed by atoms with Gasteiger partial charge in [-0.2, -0.15) is 0 Å².